The number of esters is 1. The topological polar surface area (TPSA) is 43.4 Å². The fourth-order valence-electron chi connectivity index (χ4n) is 3.45. The lowest BCUT2D eigenvalue weighted by atomic mass is 9.83. The minimum atomic E-state index is -0.518. The summed E-state index contributed by atoms with van der Waals surface area (Å²) in [6.45, 7) is 11.4. The zero-order chi connectivity index (χ0) is 18.1. The van der Waals surface area contributed by atoms with Crippen LogP contribution in [0, 0.1) is 17.8 Å². The molecule has 0 aliphatic heterocycles. The molecule has 0 aromatic heterocycles. The molecule has 0 heterocycles. The highest BCUT2D eigenvalue weighted by atomic mass is 16.6. The Bertz CT molecular complexity index is 612. The fourth-order valence-corrected chi connectivity index (χ4v) is 3.45. The van der Waals surface area contributed by atoms with Crippen LogP contribution in [0.25, 0.3) is 0 Å². The minimum absolute atomic E-state index is 0.165. The Morgan fingerprint density at radius 3 is 2.38 bits per heavy atom. The van der Waals surface area contributed by atoms with Crippen LogP contribution in [0.15, 0.2) is 24.3 Å². The third kappa shape index (κ3) is 4.25. The van der Waals surface area contributed by atoms with Crippen LogP contribution in [0.1, 0.15) is 65.0 Å². The Morgan fingerprint density at radius 1 is 1.17 bits per heavy atom. The normalized spacial score (nSPS) is 22.6. The van der Waals surface area contributed by atoms with Crippen molar-refractivity contribution in [2.45, 2.75) is 65.9 Å². The van der Waals surface area contributed by atoms with Crippen molar-refractivity contribution in [3.05, 3.63) is 35.4 Å². The van der Waals surface area contributed by atoms with E-state index in [9.17, 15) is 9.59 Å². The van der Waals surface area contributed by atoms with Crippen LogP contribution in [-0.2, 0) is 20.7 Å². The van der Waals surface area contributed by atoms with E-state index < -0.39 is 11.5 Å². The molecule has 3 heteroatoms. The minimum Gasteiger partial charge on any atom is -0.460 e. The van der Waals surface area contributed by atoms with Crippen molar-refractivity contribution in [3.8, 4) is 0 Å². The van der Waals surface area contributed by atoms with Gasteiger partial charge in [0.05, 0.1) is 5.92 Å². The van der Waals surface area contributed by atoms with E-state index in [0.717, 1.165) is 6.42 Å². The van der Waals surface area contributed by atoms with E-state index in [2.05, 4.69) is 31.2 Å². The van der Waals surface area contributed by atoms with E-state index in [4.69, 9.17) is 4.74 Å². The lowest BCUT2D eigenvalue weighted by molar-refractivity contribution is -0.162. The van der Waals surface area contributed by atoms with Crippen LogP contribution in [0.5, 0.6) is 0 Å². The summed E-state index contributed by atoms with van der Waals surface area (Å²) in [7, 11) is 0. The molecule has 1 aromatic rings. The van der Waals surface area contributed by atoms with Gasteiger partial charge in [-0.05, 0) is 50.2 Å². The molecule has 4 atom stereocenters. The molecule has 0 saturated carbocycles. The molecule has 3 nitrogen and oxygen atoms in total. The summed E-state index contributed by atoms with van der Waals surface area (Å²) in [5.74, 6) is -0.104. The van der Waals surface area contributed by atoms with E-state index in [1.54, 1.807) is 6.92 Å². The van der Waals surface area contributed by atoms with Crippen LogP contribution in [0.2, 0.25) is 0 Å². The molecule has 1 aliphatic rings. The van der Waals surface area contributed by atoms with Gasteiger partial charge in [-0.15, -0.1) is 0 Å². The van der Waals surface area contributed by atoms with Crippen LogP contribution in [0.4, 0.5) is 0 Å². The highest BCUT2D eigenvalue weighted by Gasteiger charge is 2.34. The van der Waals surface area contributed by atoms with Gasteiger partial charge < -0.3 is 4.74 Å². The molecule has 0 amide bonds. The van der Waals surface area contributed by atoms with E-state index >= 15 is 0 Å². The molecule has 0 fully saturated rings. The number of ether oxygens (including phenoxy) is 1. The van der Waals surface area contributed by atoms with Gasteiger partial charge in [-0.2, -0.15) is 0 Å². The lowest BCUT2D eigenvalue weighted by Crippen LogP contribution is -2.33. The summed E-state index contributed by atoms with van der Waals surface area (Å²) in [5.41, 5.74) is 2.20. The Hall–Kier alpha value is -1.64. The van der Waals surface area contributed by atoms with Crippen molar-refractivity contribution in [3.63, 3.8) is 0 Å². The number of hydrogen-bond donors (Lipinski definition) is 0. The molecule has 132 valence electrons. The Morgan fingerprint density at radius 2 is 1.79 bits per heavy atom. The van der Waals surface area contributed by atoms with Crippen LogP contribution < -0.4 is 0 Å². The predicted molar refractivity (Wildman–Crippen MR) is 95.8 cm³/mol. The zero-order valence-electron chi connectivity index (χ0n) is 15.8. The van der Waals surface area contributed by atoms with Crippen molar-refractivity contribution >= 4 is 11.8 Å². The second-order valence-corrected chi connectivity index (χ2v) is 8.23. The first-order chi connectivity index (χ1) is 11.1. The van der Waals surface area contributed by atoms with Gasteiger partial charge >= 0.3 is 5.97 Å². The molecule has 24 heavy (non-hydrogen) atoms. The Labute approximate surface area is 145 Å². The van der Waals surface area contributed by atoms with Crippen LogP contribution >= 0.6 is 0 Å². The first-order valence-electron chi connectivity index (χ1n) is 8.93. The van der Waals surface area contributed by atoms with Gasteiger partial charge in [-0.25, -0.2) is 0 Å². The van der Waals surface area contributed by atoms with E-state index in [-0.39, 0.29) is 17.7 Å². The number of carbonyl (C=O) groups is 2. The summed E-state index contributed by atoms with van der Waals surface area (Å²) in [6.07, 6.45) is 1.49. The number of fused-ring (bicyclic) bond motifs is 1. The second-order valence-electron chi connectivity index (χ2n) is 8.23. The van der Waals surface area contributed by atoms with Gasteiger partial charge in [0, 0.05) is 12.3 Å². The van der Waals surface area contributed by atoms with Crippen molar-refractivity contribution in [1.29, 1.82) is 0 Å². The first-order valence-corrected chi connectivity index (χ1v) is 8.93. The third-order valence-electron chi connectivity index (χ3n) is 5.23. The number of rotatable bonds is 5. The molecule has 0 radical (unpaired) electrons. The Kier molecular flexibility index (Phi) is 5.52. The van der Waals surface area contributed by atoms with Gasteiger partial charge in [0.2, 0.25) is 0 Å². The highest BCUT2D eigenvalue weighted by molar-refractivity contribution is 5.86. The standard InChI is InChI=1S/C21H30O3/c1-13(14(2)20(23)24-21(4,5)6)19(22)12-17-11-16-9-7-8-10-18(16)15(17)3/h7-10,13-15,17H,11-12H2,1-6H3. The molecular formula is C21H30O3. The lowest BCUT2D eigenvalue weighted by Gasteiger charge is -2.25. The van der Waals surface area contributed by atoms with Crippen molar-refractivity contribution in [2.24, 2.45) is 17.8 Å². The van der Waals surface area contributed by atoms with Crippen molar-refractivity contribution in [1.82, 2.24) is 0 Å². The molecule has 4 unspecified atom stereocenters. The fraction of sp³-hybridized carbons (Fsp3) is 0.619. The number of hydrogen-bond acceptors (Lipinski definition) is 3. The van der Waals surface area contributed by atoms with Crippen molar-refractivity contribution < 1.29 is 14.3 Å². The van der Waals surface area contributed by atoms with E-state index in [1.165, 1.54) is 11.1 Å². The smallest absolute Gasteiger partial charge is 0.309 e. The summed E-state index contributed by atoms with van der Waals surface area (Å²) in [5, 5.41) is 0. The number of carbonyl (C=O) groups excluding carboxylic acids is 2. The Balaban J connectivity index is 1.96. The van der Waals surface area contributed by atoms with Gasteiger partial charge in [-0.3, -0.25) is 9.59 Å². The van der Waals surface area contributed by atoms with E-state index in [1.807, 2.05) is 27.7 Å². The maximum atomic E-state index is 12.7. The van der Waals surface area contributed by atoms with Crippen LogP contribution in [0.3, 0.4) is 0 Å². The quantitative estimate of drug-likeness (QED) is 0.745. The van der Waals surface area contributed by atoms with Gasteiger partial charge in [-0.1, -0.05) is 45.0 Å². The van der Waals surface area contributed by atoms with Crippen LogP contribution in [-0.4, -0.2) is 17.4 Å². The summed E-state index contributed by atoms with van der Waals surface area (Å²) in [6, 6.07) is 8.44. The zero-order valence-corrected chi connectivity index (χ0v) is 15.8. The van der Waals surface area contributed by atoms with Gasteiger partial charge in [0.25, 0.3) is 0 Å². The molecular weight excluding hydrogens is 300 g/mol. The van der Waals surface area contributed by atoms with Gasteiger partial charge in [0.1, 0.15) is 11.4 Å². The average Bonchev–Trinajstić information content (AvgIpc) is 2.80. The summed E-state index contributed by atoms with van der Waals surface area (Å²) >= 11 is 0. The predicted octanol–water partition coefficient (Wildman–Crippen LogP) is 4.54. The van der Waals surface area contributed by atoms with Gasteiger partial charge in [0.15, 0.2) is 0 Å². The largest absolute Gasteiger partial charge is 0.460 e. The second kappa shape index (κ2) is 7.08. The average molecular weight is 330 g/mol. The highest BCUT2D eigenvalue weighted by Crippen LogP contribution is 2.40. The molecule has 1 aromatic carbocycles. The SMILES string of the molecule is CC(C(=O)CC1Cc2ccccc2C1C)C(C)C(=O)OC(C)(C)C. The maximum absolute atomic E-state index is 12.7. The summed E-state index contributed by atoms with van der Waals surface area (Å²) in [4.78, 5) is 24.9. The first kappa shape index (κ1) is 18.7. The molecule has 0 bridgehead atoms. The number of benzene rings is 1. The van der Waals surface area contributed by atoms with E-state index in [0.29, 0.717) is 18.3 Å². The monoisotopic (exact) mass is 330 g/mol. The van der Waals surface area contributed by atoms with Crippen molar-refractivity contribution in [2.75, 3.05) is 0 Å². The molecule has 2 rings (SSSR count). The summed E-state index contributed by atoms with van der Waals surface area (Å²) < 4.78 is 5.42. The molecule has 0 spiro atoms. The third-order valence-corrected chi connectivity index (χ3v) is 5.23. The molecule has 0 saturated heterocycles. The molecule has 1 aliphatic carbocycles. The molecule has 0 N–H and O–H groups in total. The number of ketones is 1. The maximum Gasteiger partial charge on any atom is 0.309 e. The number of Topliss-reactive ketones (excluding diaryl/α,β-unsaturated/α-hetero) is 1.